The topological polar surface area (TPSA) is 96.9 Å². The van der Waals surface area contributed by atoms with Crippen molar-refractivity contribution in [3.8, 4) is 5.75 Å². The van der Waals surface area contributed by atoms with Crippen LogP contribution < -0.4 is 15.5 Å². The van der Waals surface area contributed by atoms with Gasteiger partial charge in [0.15, 0.2) is 0 Å². The number of esters is 1. The van der Waals surface area contributed by atoms with Crippen LogP contribution in [-0.4, -0.2) is 30.5 Å². The number of ether oxygens (including phenoxy) is 1. The summed E-state index contributed by atoms with van der Waals surface area (Å²) < 4.78 is 18.6. The molecular weight excluding hydrogens is 485 g/mol. The Morgan fingerprint density at radius 2 is 1.64 bits per heavy atom. The third kappa shape index (κ3) is 5.92. The minimum absolute atomic E-state index is 0.209. The monoisotopic (exact) mass is 503 g/mol. The van der Waals surface area contributed by atoms with Crippen molar-refractivity contribution in [1.29, 1.82) is 0 Å². The number of halogens is 2. The van der Waals surface area contributed by atoms with Gasteiger partial charge in [-0.2, -0.15) is 5.10 Å². The van der Waals surface area contributed by atoms with E-state index in [0.29, 0.717) is 5.56 Å². The molecule has 0 aromatic heterocycles. The first-order chi connectivity index (χ1) is 17.4. The summed E-state index contributed by atoms with van der Waals surface area (Å²) in [5, 5.41) is 8.27. The number of carbonyl (C=O) groups is 3. The molecule has 36 heavy (non-hydrogen) atoms. The van der Waals surface area contributed by atoms with Gasteiger partial charge >= 0.3 is 5.97 Å². The van der Waals surface area contributed by atoms with Gasteiger partial charge in [0.25, 0.3) is 11.8 Å². The molecule has 0 aliphatic heterocycles. The van der Waals surface area contributed by atoms with E-state index in [9.17, 15) is 18.8 Å². The van der Waals surface area contributed by atoms with Crippen molar-refractivity contribution in [3.05, 3.63) is 112 Å². The van der Waals surface area contributed by atoms with E-state index in [4.69, 9.17) is 16.3 Å². The van der Waals surface area contributed by atoms with Gasteiger partial charge in [-0.3, -0.25) is 9.59 Å². The number of fused-ring (bicyclic) bond motifs is 1. The number of benzene rings is 4. The summed E-state index contributed by atoms with van der Waals surface area (Å²) >= 11 is 6.12. The zero-order chi connectivity index (χ0) is 25.5. The van der Waals surface area contributed by atoms with E-state index in [-0.39, 0.29) is 28.4 Å². The molecule has 180 valence electrons. The molecule has 4 rings (SSSR count). The van der Waals surface area contributed by atoms with Crippen LogP contribution in [0.1, 0.15) is 26.3 Å². The maximum absolute atomic E-state index is 13.0. The Hall–Kier alpha value is -4.56. The van der Waals surface area contributed by atoms with Gasteiger partial charge in [0.2, 0.25) is 0 Å². The average Bonchev–Trinajstić information content (AvgIpc) is 2.89. The normalized spacial score (nSPS) is 10.8. The number of carbonyl (C=O) groups excluding carboxylic acids is 3. The molecule has 0 aliphatic rings. The summed E-state index contributed by atoms with van der Waals surface area (Å²) in [5.74, 6) is -2.00. The van der Waals surface area contributed by atoms with Crippen molar-refractivity contribution in [2.45, 2.75) is 0 Å². The first-order valence-corrected chi connectivity index (χ1v) is 11.1. The second kappa shape index (κ2) is 11.2. The summed E-state index contributed by atoms with van der Waals surface area (Å²) in [6.07, 6.45) is 1.36. The van der Waals surface area contributed by atoms with Crippen molar-refractivity contribution < 1.29 is 23.5 Å². The molecule has 0 bridgehead atoms. The predicted molar refractivity (Wildman–Crippen MR) is 135 cm³/mol. The van der Waals surface area contributed by atoms with Gasteiger partial charge in [0.05, 0.1) is 23.3 Å². The van der Waals surface area contributed by atoms with Crippen molar-refractivity contribution in [2.24, 2.45) is 5.10 Å². The number of nitrogens with zero attached hydrogens (tertiary/aromatic N) is 1. The van der Waals surface area contributed by atoms with Gasteiger partial charge in [-0.1, -0.05) is 54.1 Å². The minimum atomic E-state index is -0.641. The van der Waals surface area contributed by atoms with Crippen molar-refractivity contribution in [2.75, 3.05) is 6.54 Å². The largest absolute Gasteiger partial charge is 0.422 e. The summed E-state index contributed by atoms with van der Waals surface area (Å²) in [7, 11) is 0. The number of nitrogens with one attached hydrogen (secondary N) is 2. The highest BCUT2D eigenvalue weighted by Crippen LogP contribution is 2.28. The fourth-order valence-corrected chi connectivity index (χ4v) is 3.56. The second-order valence-electron chi connectivity index (χ2n) is 7.55. The lowest BCUT2D eigenvalue weighted by molar-refractivity contribution is -0.120. The van der Waals surface area contributed by atoms with Gasteiger partial charge in [-0.25, -0.2) is 14.6 Å². The van der Waals surface area contributed by atoms with E-state index in [0.717, 1.165) is 22.9 Å². The van der Waals surface area contributed by atoms with E-state index in [2.05, 4.69) is 15.8 Å². The van der Waals surface area contributed by atoms with Gasteiger partial charge in [-0.15, -0.1) is 0 Å². The van der Waals surface area contributed by atoms with Crippen LogP contribution in [0.4, 0.5) is 4.39 Å². The van der Waals surface area contributed by atoms with Crippen molar-refractivity contribution >= 4 is 46.4 Å². The molecule has 0 unspecified atom stereocenters. The van der Waals surface area contributed by atoms with Gasteiger partial charge < -0.3 is 10.1 Å². The van der Waals surface area contributed by atoms with Crippen LogP contribution >= 0.6 is 11.6 Å². The van der Waals surface area contributed by atoms with E-state index < -0.39 is 23.6 Å². The number of rotatable bonds is 7. The number of amides is 2. The summed E-state index contributed by atoms with van der Waals surface area (Å²) in [6.45, 7) is -0.350. The predicted octanol–water partition coefficient (Wildman–Crippen LogP) is 4.73. The Bertz CT molecular complexity index is 1470. The molecule has 0 heterocycles. The molecule has 0 saturated carbocycles. The maximum Gasteiger partial charge on any atom is 0.345 e. The molecule has 9 heteroatoms. The molecule has 7 nitrogen and oxygen atoms in total. The average molecular weight is 504 g/mol. The van der Waals surface area contributed by atoms with Crippen LogP contribution in [-0.2, 0) is 4.79 Å². The molecule has 4 aromatic carbocycles. The van der Waals surface area contributed by atoms with E-state index in [1.807, 2.05) is 24.3 Å². The Kier molecular flexibility index (Phi) is 7.67. The zero-order valence-corrected chi connectivity index (χ0v) is 19.5. The van der Waals surface area contributed by atoms with Gasteiger partial charge in [0.1, 0.15) is 11.6 Å². The molecule has 0 atom stereocenters. The Morgan fingerprint density at radius 3 is 2.42 bits per heavy atom. The van der Waals surface area contributed by atoms with E-state index >= 15 is 0 Å². The highest BCUT2D eigenvalue weighted by Gasteiger charge is 2.16. The molecular formula is C27H19ClFN3O4. The second-order valence-corrected chi connectivity index (χ2v) is 7.96. The molecule has 0 aliphatic carbocycles. The maximum atomic E-state index is 13.0. The molecule has 2 amide bonds. The molecule has 4 aromatic rings. The standard InChI is InChI=1S/C27H19ClFN3O4/c28-23-8-4-3-7-21(23)27(35)36-24-14-11-17-5-1-2-6-20(17)22(24)15-31-32-25(33)16-30-26(34)18-9-12-19(29)13-10-18/h1-15H,16H2,(H,30,34)(H,32,33)/b31-15+. The fourth-order valence-electron chi connectivity index (χ4n) is 3.35. The van der Waals surface area contributed by atoms with Crippen molar-refractivity contribution in [1.82, 2.24) is 10.7 Å². The highest BCUT2D eigenvalue weighted by molar-refractivity contribution is 6.33. The van der Waals surface area contributed by atoms with Crippen molar-refractivity contribution in [3.63, 3.8) is 0 Å². The summed E-state index contributed by atoms with van der Waals surface area (Å²) in [6, 6.07) is 22.3. The summed E-state index contributed by atoms with van der Waals surface area (Å²) in [4.78, 5) is 37.0. The Morgan fingerprint density at radius 1 is 0.917 bits per heavy atom. The van der Waals surface area contributed by atoms with Crippen LogP contribution in [0.2, 0.25) is 5.02 Å². The Balaban J connectivity index is 1.47. The molecule has 2 N–H and O–H groups in total. The lowest BCUT2D eigenvalue weighted by Crippen LogP contribution is -2.34. The quantitative estimate of drug-likeness (QED) is 0.165. The van der Waals surface area contributed by atoms with Gasteiger partial charge in [0, 0.05) is 11.1 Å². The van der Waals surface area contributed by atoms with Crippen LogP contribution in [0, 0.1) is 5.82 Å². The minimum Gasteiger partial charge on any atom is -0.422 e. The molecule has 0 spiro atoms. The third-order valence-electron chi connectivity index (χ3n) is 5.13. The van der Waals surface area contributed by atoms with Crippen LogP contribution in [0.25, 0.3) is 10.8 Å². The zero-order valence-electron chi connectivity index (χ0n) is 18.7. The number of hydrogen-bond donors (Lipinski definition) is 2. The van der Waals surface area contributed by atoms with Gasteiger partial charge in [-0.05, 0) is 53.2 Å². The van der Waals surface area contributed by atoms with Crippen LogP contribution in [0.15, 0.2) is 90.0 Å². The fraction of sp³-hybridized carbons (Fsp3) is 0.0370. The lowest BCUT2D eigenvalue weighted by Gasteiger charge is -2.11. The Labute approximate surface area is 210 Å². The third-order valence-corrected chi connectivity index (χ3v) is 5.46. The van der Waals surface area contributed by atoms with Crippen LogP contribution in [0.3, 0.4) is 0 Å². The number of hydrogen-bond acceptors (Lipinski definition) is 5. The first-order valence-electron chi connectivity index (χ1n) is 10.8. The van der Waals surface area contributed by atoms with E-state index in [1.165, 1.54) is 18.3 Å². The van der Waals surface area contributed by atoms with E-state index in [1.54, 1.807) is 36.4 Å². The lowest BCUT2D eigenvalue weighted by atomic mass is 10.0. The smallest absolute Gasteiger partial charge is 0.345 e. The summed E-state index contributed by atoms with van der Waals surface area (Å²) in [5.41, 5.74) is 3.21. The molecule has 0 radical (unpaired) electrons. The first kappa shape index (κ1) is 24.6. The van der Waals surface area contributed by atoms with Crippen LogP contribution in [0.5, 0.6) is 5.75 Å². The molecule has 0 fully saturated rings. The SMILES string of the molecule is O=C(CNC(=O)c1ccc(F)cc1)N/N=C/c1c(OC(=O)c2ccccc2Cl)ccc2ccccc12. The molecule has 0 saturated heterocycles. The number of hydrazone groups is 1. The highest BCUT2D eigenvalue weighted by atomic mass is 35.5.